The Morgan fingerprint density at radius 2 is 1.52 bits per heavy atom. The van der Waals surface area contributed by atoms with Crippen LogP contribution >= 0.6 is 0 Å². The Kier molecular flexibility index (Phi) is 5.44. The van der Waals surface area contributed by atoms with Crippen molar-refractivity contribution >= 4 is 17.6 Å². The number of rotatable bonds is 3. The molecule has 156 valence electrons. The van der Waals surface area contributed by atoms with E-state index in [2.05, 4.69) is 19.8 Å². The summed E-state index contributed by atoms with van der Waals surface area (Å²) in [5, 5.41) is 0. The normalized spacial score (nSPS) is 18.3. The molecule has 10 heteroatoms. The number of hydrogen-bond acceptors (Lipinski definition) is 7. The number of piperazine rings is 1. The molecule has 0 amide bonds. The molecule has 0 aromatic carbocycles. The van der Waals surface area contributed by atoms with Gasteiger partial charge in [0, 0.05) is 57.2 Å². The predicted molar refractivity (Wildman–Crippen MR) is 103 cm³/mol. The second-order valence-electron chi connectivity index (χ2n) is 7.14. The van der Waals surface area contributed by atoms with E-state index in [-0.39, 0.29) is 0 Å². The van der Waals surface area contributed by atoms with Gasteiger partial charge in [-0.25, -0.2) is 9.97 Å². The van der Waals surface area contributed by atoms with Crippen molar-refractivity contribution in [2.24, 2.45) is 0 Å². The van der Waals surface area contributed by atoms with Gasteiger partial charge in [-0.3, -0.25) is 0 Å². The second kappa shape index (κ2) is 8.02. The molecule has 7 nitrogen and oxygen atoms in total. The van der Waals surface area contributed by atoms with E-state index in [1.165, 1.54) is 6.07 Å². The zero-order valence-corrected chi connectivity index (χ0v) is 16.2. The van der Waals surface area contributed by atoms with E-state index in [0.717, 1.165) is 36.9 Å². The standard InChI is InChI=1S/C19H23F3N6O/c1-14-12-17(27-8-10-29-11-9-27)25-18(24-14)28-6-4-26(5-7-28)16-3-2-15(13-23-16)19(20,21)22/h2-3,12-13H,4-11H2,1H3. The van der Waals surface area contributed by atoms with Crippen LogP contribution in [0.3, 0.4) is 0 Å². The van der Waals surface area contributed by atoms with Crippen LogP contribution in [0.5, 0.6) is 0 Å². The van der Waals surface area contributed by atoms with Crippen LogP contribution in [-0.2, 0) is 10.9 Å². The Morgan fingerprint density at radius 3 is 2.14 bits per heavy atom. The van der Waals surface area contributed by atoms with Gasteiger partial charge in [-0.2, -0.15) is 18.2 Å². The van der Waals surface area contributed by atoms with Gasteiger partial charge in [-0.1, -0.05) is 0 Å². The molecule has 4 rings (SSSR count). The summed E-state index contributed by atoms with van der Waals surface area (Å²) in [5.41, 5.74) is 0.173. The average Bonchev–Trinajstić information content (AvgIpc) is 2.73. The fourth-order valence-electron chi connectivity index (χ4n) is 3.51. The third-order valence-corrected chi connectivity index (χ3v) is 5.13. The van der Waals surface area contributed by atoms with Crippen LogP contribution in [0.15, 0.2) is 24.4 Å². The third kappa shape index (κ3) is 4.52. The molecule has 2 saturated heterocycles. The number of halogens is 3. The zero-order chi connectivity index (χ0) is 20.4. The first-order valence-electron chi connectivity index (χ1n) is 9.62. The van der Waals surface area contributed by atoms with Gasteiger partial charge in [0.15, 0.2) is 0 Å². The van der Waals surface area contributed by atoms with Gasteiger partial charge in [-0.05, 0) is 19.1 Å². The number of alkyl halides is 3. The third-order valence-electron chi connectivity index (χ3n) is 5.13. The molecule has 4 heterocycles. The van der Waals surface area contributed by atoms with E-state index in [0.29, 0.717) is 51.2 Å². The van der Waals surface area contributed by atoms with Crippen LogP contribution < -0.4 is 14.7 Å². The Bertz CT molecular complexity index is 831. The SMILES string of the molecule is Cc1cc(N2CCOCC2)nc(N2CCN(c3ccc(C(F)(F)F)cn3)CC2)n1. The molecule has 2 aliphatic heterocycles. The van der Waals surface area contributed by atoms with Crippen molar-refractivity contribution in [3.63, 3.8) is 0 Å². The van der Waals surface area contributed by atoms with Crippen molar-refractivity contribution in [2.45, 2.75) is 13.1 Å². The van der Waals surface area contributed by atoms with E-state index in [1.54, 1.807) is 0 Å². The lowest BCUT2D eigenvalue weighted by molar-refractivity contribution is -0.137. The Hall–Kier alpha value is -2.62. The quantitative estimate of drug-likeness (QED) is 0.773. The number of ether oxygens (including phenoxy) is 1. The highest BCUT2D eigenvalue weighted by Crippen LogP contribution is 2.29. The number of morpholine rings is 1. The number of aryl methyl sites for hydroxylation is 1. The number of aromatic nitrogens is 3. The summed E-state index contributed by atoms with van der Waals surface area (Å²) in [6.45, 7) is 7.59. The highest BCUT2D eigenvalue weighted by molar-refractivity contribution is 5.48. The van der Waals surface area contributed by atoms with E-state index in [9.17, 15) is 13.2 Å². The highest BCUT2D eigenvalue weighted by atomic mass is 19.4. The topological polar surface area (TPSA) is 57.6 Å². The molecule has 0 spiro atoms. The first-order chi connectivity index (χ1) is 13.9. The minimum atomic E-state index is -4.37. The van der Waals surface area contributed by atoms with Crippen molar-refractivity contribution in [3.05, 3.63) is 35.7 Å². The van der Waals surface area contributed by atoms with E-state index in [1.807, 2.05) is 17.9 Å². The van der Waals surface area contributed by atoms with Crippen LogP contribution in [0.2, 0.25) is 0 Å². The molecule has 0 bridgehead atoms. The van der Waals surface area contributed by atoms with Crippen LogP contribution in [0.25, 0.3) is 0 Å². The van der Waals surface area contributed by atoms with Crippen LogP contribution in [0.4, 0.5) is 30.8 Å². The van der Waals surface area contributed by atoms with E-state index >= 15 is 0 Å². The average molecular weight is 408 g/mol. The molecular formula is C19H23F3N6O. The van der Waals surface area contributed by atoms with Crippen LogP contribution in [0, 0.1) is 6.92 Å². The summed E-state index contributed by atoms with van der Waals surface area (Å²) in [5.74, 6) is 2.14. The molecule has 0 saturated carbocycles. The summed E-state index contributed by atoms with van der Waals surface area (Å²) < 4.78 is 43.6. The summed E-state index contributed by atoms with van der Waals surface area (Å²) in [7, 11) is 0. The lowest BCUT2D eigenvalue weighted by Gasteiger charge is -2.36. The minimum Gasteiger partial charge on any atom is -0.378 e. The number of hydrogen-bond donors (Lipinski definition) is 0. The highest BCUT2D eigenvalue weighted by Gasteiger charge is 2.31. The first kappa shape index (κ1) is 19.7. The maximum atomic E-state index is 12.7. The lowest BCUT2D eigenvalue weighted by Crippen LogP contribution is -2.47. The molecule has 0 N–H and O–H groups in total. The van der Waals surface area contributed by atoms with Gasteiger partial charge >= 0.3 is 6.18 Å². The largest absolute Gasteiger partial charge is 0.417 e. The zero-order valence-electron chi connectivity index (χ0n) is 16.2. The van der Waals surface area contributed by atoms with Gasteiger partial charge in [0.05, 0.1) is 18.8 Å². The number of pyridine rings is 1. The Labute approximate surface area is 167 Å². The van der Waals surface area contributed by atoms with Crippen molar-refractivity contribution < 1.29 is 17.9 Å². The molecule has 2 aliphatic rings. The van der Waals surface area contributed by atoms with Crippen LogP contribution in [-0.4, -0.2) is 67.4 Å². The van der Waals surface area contributed by atoms with Gasteiger partial charge in [0.1, 0.15) is 11.6 Å². The van der Waals surface area contributed by atoms with Crippen LogP contribution in [0.1, 0.15) is 11.3 Å². The minimum absolute atomic E-state index is 0.553. The van der Waals surface area contributed by atoms with Crippen molar-refractivity contribution in [3.8, 4) is 0 Å². The summed E-state index contributed by atoms with van der Waals surface area (Å²) >= 11 is 0. The van der Waals surface area contributed by atoms with E-state index < -0.39 is 11.7 Å². The maximum Gasteiger partial charge on any atom is 0.417 e. The van der Waals surface area contributed by atoms with Gasteiger partial charge in [0.25, 0.3) is 0 Å². The predicted octanol–water partition coefficient (Wildman–Crippen LogP) is 2.36. The molecular weight excluding hydrogens is 385 g/mol. The monoisotopic (exact) mass is 408 g/mol. The smallest absolute Gasteiger partial charge is 0.378 e. The molecule has 0 atom stereocenters. The Morgan fingerprint density at radius 1 is 0.862 bits per heavy atom. The van der Waals surface area contributed by atoms with Gasteiger partial charge < -0.3 is 19.4 Å². The summed E-state index contributed by atoms with van der Waals surface area (Å²) in [6, 6.07) is 4.49. The summed E-state index contributed by atoms with van der Waals surface area (Å²) in [4.78, 5) is 19.6. The molecule has 0 unspecified atom stereocenters. The first-order valence-corrected chi connectivity index (χ1v) is 9.62. The Balaban J connectivity index is 1.42. The number of anilines is 3. The van der Waals surface area contributed by atoms with Crippen molar-refractivity contribution in [1.29, 1.82) is 0 Å². The molecule has 29 heavy (non-hydrogen) atoms. The maximum absolute atomic E-state index is 12.7. The molecule has 2 aromatic heterocycles. The fraction of sp³-hybridized carbons (Fsp3) is 0.526. The molecule has 0 radical (unpaired) electrons. The summed E-state index contributed by atoms with van der Waals surface area (Å²) in [6.07, 6.45) is -3.48. The van der Waals surface area contributed by atoms with E-state index in [4.69, 9.17) is 9.72 Å². The molecule has 2 fully saturated rings. The fourth-order valence-corrected chi connectivity index (χ4v) is 3.51. The lowest BCUT2D eigenvalue weighted by atomic mass is 10.2. The van der Waals surface area contributed by atoms with Gasteiger partial charge in [0.2, 0.25) is 5.95 Å². The van der Waals surface area contributed by atoms with Crippen molar-refractivity contribution in [2.75, 3.05) is 67.2 Å². The van der Waals surface area contributed by atoms with Crippen molar-refractivity contribution in [1.82, 2.24) is 15.0 Å². The number of nitrogens with zero attached hydrogens (tertiary/aromatic N) is 6. The van der Waals surface area contributed by atoms with Gasteiger partial charge in [-0.15, -0.1) is 0 Å². The molecule has 2 aromatic rings. The second-order valence-corrected chi connectivity index (χ2v) is 7.14. The molecule has 0 aliphatic carbocycles.